The highest BCUT2D eigenvalue weighted by atomic mass is 127. The van der Waals surface area contributed by atoms with Crippen LogP contribution in [0.25, 0.3) is 0 Å². The van der Waals surface area contributed by atoms with Gasteiger partial charge in [-0.05, 0) is 60.6 Å². The summed E-state index contributed by atoms with van der Waals surface area (Å²) in [7, 11) is 0. The number of carbonyl (C=O) groups excluding carboxylic acids is 1. The largest absolute Gasteiger partial charge is 0.376 e. The van der Waals surface area contributed by atoms with Gasteiger partial charge in [-0.15, -0.1) is 0 Å². The van der Waals surface area contributed by atoms with Crippen molar-refractivity contribution in [2.24, 2.45) is 0 Å². The molecule has 0 spiro atoms. The number of nitrogens with one attached hydrogen (secondary N) is 1. The Kier molecular flexibility index (Phi) is 4.86. The van der Waals surface area contributed by atoms with Crippen molar-refractivity contribution >= 4 is 40.1 Å². The lowest BCUT2D eigenvalue weighted by Gasteiger charge is -2.20. The van der Waals surface area contributed by atoms with Gasteiger partial charge in [-0.2, -0.15) is 0 Å². The molecule has 1 amide bonds. The zero-order valence-electron chi connectivity index (χ0n) is 10.1. The van der Waals surface area contributed by atoms with Crippen LogP contribution in [0.1, 0.15) is 30.1 Å². The summed E-state index contributed by atoms with van der Waals surface area (Å²) in [6, 6.07) is 5.34. The Morgan fingerprint density at radius 3 is 3.06 bits per heavy atom. The van der Waals surface area contributed by atoms with Crippen LogP contribution in [0, 0.1) is 3.57 Å². The van der Waals surface area contributed by atoms with Gasteiger partial charge in [0.2, 0.25) is 0 Å². The van der Waals surface area contributed by atoms with Crippen LogP contribution in [-0.4, -0.2) is 24.7 Å². The fraction of sp³-hybridized carbons (Fsp3) is 0.462. The molecule has 2 rings (SSSR count). The number of ether oxygens (including phenoxy) is 1. The Morgan fingerprint density at radius 2 is 2.39 bits per heavy atom. The van der Waals surface area contributed by atoms with Gasteiger partial charge >= 0.3 is 0 Å². The third kappa shape index (κ3) is 3.36. The first-order valence-corrected chi connectivity index (χ1v) is 7.41. The maximum Gasteiger partial charge on any atom is 0.252 e. The molecule has 1 aliphatic rings. The summed E-state index contributed by atoms with van der Waals surface area (Å²) in [4.78, 5) is 12.2. The SMILES string of the molecule is C[C@H](NC(=O)c1cc(Cl)ccc1I)[C@@H]1CCCO1. The summed E-state index contributed by atoms with van der Waals surface area (Å²) in [5.74, 6) is -0.0927. The van der Waals surface area contributed by atoms with Crippen molar-refractivity contribution in [1.29, 1.82) is 0 Å². The van der Waals surface area contributed by atoms with E-state index in [0.717, 1.165) is 23.0 Å². The van der Waals surface area contributed by atoms with Crippen molar-refractivity contribution in [2.45, 2.75) is 31.9 Å². The molecule has 5 heteroatoms. The highest BCUT2D eigenvalue weighted by molar-refractivity contribution is 14.1. The molecule has 1 aromatic carbocycles. The molecule has 0 radical (unpaired) electrons. The molecule has 3 nitrogen and oxygen atoms in total. The normalized spacial score (nSPS) is 20.7. The molecule has 0 unspecified atom stereocenters. The van der Waals surface area contributed by atoms with Gasteiger partial charge in [0.05, 0.1) is 17.7 Å². The summed E-state index contributed by atoms with van der Waals surface area (Å²) in [6.07, 6.45) is 2.21. The first-order chi connectivity index (χ1) is 8.58. The van der Waals surface area contributed by atoms with Crippen molar-refractivity contribution in [3.05, 3.63) is 32.4 Å². The Bertz CT molecular complexity index is 447. The molecule has 1 aliphatic heterocycles. The number of amides is 1. The molecule has 98 valence electrons. The number of rotatable bonds is 3. The lowest BCUT2D eigenvalue weighted by atomic mass is 10.1. The molecule has 1 heterocycles. The minimum atomic E-state index is -0.0927. The van der Waals surface area contributed by atoms with Gasteiger partial charge in [0.1, 0.15) is 0 Å². The number of halogens is 2. The van der Waals surface area contributed by atoms with Crippen molar-refractivity contribution in [3.8, 4) is 0 Å². The summed E-state index contributed by atoms with van der Waals surface area (Å²) < 4.78 is 6.46. The summed E-state index contributed by atoms with van der Waals surface area (Å²) in [6.45, 7) is 2.77. The fourth-order valence-electron chi connectivity index (χ4n) is 2.05. The lowest BCUT2D eigenvalue weighted by Crippen LogP contribution is -2.41. The molecule has 1 aromatic rings. The van der Waals surface area contributed by atoms with E-state index in [-0.39, 0.29) is 18.1 Å². The van der Waals surface area contributed by atoms with E-state index >= 15 is 0 Å². The van der Waals surface area contributed by atoms with E-state index in [1.807, 2.05) is 13.0 Å². The first-order valence-electron chi connectivity index (χ1n) is 5.95. The van der Waals surface area contributed by atoms with E-state index in [1.165, 1.54) is 0 Å². The topological polar surface area (TPSA) is 38.3 Å². The molecule has 0 aromatic heterocycles. The Balaban J connectivity index is 2.04. The Morgan fingerprint density at radius 1 is 1.61 bits per heavy atom. The van der Waals surface area contributed by atoms with Crippen LogP contribution in [0.15, 0.2) is 18.2 Å². The Hall–Kier alpha value is -0.330. The van der Waals surface area contributed by atoms with Gasteiger partial charge in [0.15, 0.2) is 0 Å². The molecule has 18 heavy (non-hydrogen) atoms. The predicted octanol–water partition coefficient (Wildman–Crippen LogP) is 3.24. The zero-order chi connectivity index (χ0) is 13.1. The van der Waals surface area contributed by atoms with Crippen LogP contribution in [-0.2, 0) is 4.74 Å². The molecule has 2 atom stereocenters. The average molecular weight is 380 g/mol. The second-order valence-corrected chi connectivity index (χ2v) is 6.04. The quantitative estimate of drug-likeness (QED) is 0.819. The van der Waals surface area contributed by atoms with Gasteiger partial charge in [0, 0.05) is 15.2 Å². The smallest absolute Gasteiger partial charge is 0.252 e. The van der Waals surface area contributed by atoms with Gasteiger partial charge in [-0.1, -0.05) is 11.6 Å². The number of carbonyl (C=O) groups is 1. The molecule has 0 saturated carbocycles. The summed E-state index contributed by atoms with van der Waals surface area (Å²) in [5.41, 5.74) is 0.618. The van der Waals surface area contributed by atoms with E-state index in [1.54, 1.807) is 12.1 Å². The lowest BCUT2D eigenvalue weighted by molar-refractivity contribution is 0.0712. The molecule has 1 saturated heterocycles. The number of hydrogen-bond donors (Lipinski definition) is 1. The minimum absolute atomic E-state index is 0.0229. The highest BCUT2D eigenvalue weighted by Gasteiger charge is 2.24. The third-order valence-electron chi connectivity index (χ3n) is 3.05. The van der Waals surface area contributed by atoms with Crippen LogP contribution >= 0.6 is 34.2 Å². The Labute approximate surface area is 125 Å². The van der Waals surface area contributed by atoms with E-state index < -0.39 is 0 Å². The molecule has 0 aliphatic carbocycles. The van der Waals surface area contributed by atoms with Crippen LogP contribution in [0.3, 0.4) is 0 Å². The summed E-state index contributed by atoms with van der Waals surface area (Å²) in [5, 5.41) is 3.55. The van der Waals surface area contributed by atoms with Crippen molar-refractivity contribution in [3.63, 3.8) is 0 Å². The van der Waals surface area contributed by atoms with Crippen molar-refractivity contribution in [1.82, 2.24) is 5.32 Å². The van der Waals surface area contributed by atoms with E-state index in [4.69, 9.17) is 16.3 Å². The molecular formula is C13H15ClINO2. The van der Waals surface area contributed by atoms with Gasteiger partial charge in [-0.3, -0.25) is 4.79 Å². The monoisotopic (exact) mass is 379 g/mol. The zero-order valence-corrected chi connectivity index (χ0v) is 13.0. The second kappa shape index (κ2) is 6.21. The predicted molar refractivity (Wildman–Crippen MR) is 80.1 cm³/mol. The maximum atomic E-state index is 12.2. The molecule has 1 N–H and O–H groups in total. The number of hydrogen-bond acceptors (Lipinski definition) is 2. The molecule has 1 fully saturated rings. The minimum Gasteiger partial charge on any atom is -0.376 e. The fourth-order valence-corrected chi connectivity index (χ4v) is 2.80. The van der Waals surface area contributed by atoms with Crippen molar-refractivity contribution in [2.75, 3.05) is 6.61 Å². The van der Waals surface area contributed by atoms with Crippen LogP contribution in [0.4, 0.5) is 0 Å². The average Bonchev–Trinajstić information content (AvgIpc) is 2.85. The first kappa shape index (κ1) is 14.1. The molecule has 0 bridgehead atoms. The highest BCUT2D eigenvalue weighted by Crippen LogP contribution is 2.19. The van der Waals surface area contributed by atoms with E-state index in [0.29, 0.717) is 10.6 Å². The van der Waals surface area contributed by atoms with Gasteiger partial charge in [0.25, 0.3) is 5.91 Å². The van der Waals surface area contributed by atoms with Crippen LogP contribution in [0.2, 0.25) is 5.02 Å². The van der Waals surface area contributed by atoms with Gasteiger partial charge in [-0.25, -0.2) is 0 Å². The number of benzene rings is 1. The van der Waals surface area contributed by atoms with Crippen molar-refractivity contribution < 1.29 is 9.53 Å². The maximum absolute atomic E-state index is 12.2. The summed E-state index contributed by atoms with van der Waals surface area (Å²) >= 11 is 8.05. The van der Waals surface area contributed by atoms with E-state index in [9.17, 15) is 4.79 Å². The van der Waals surface area contributed by atoms with E-state index in [2.05, 4.69) is 27.9 Å². The third-order valence-corrected chi connectivity index (χ3v) is 4.23. The molecular weight excluding hydrogens is 365 g/mol. The standard InChI is InChI=1S/C13H15ClINO2/c1-8(12-3-2-6-18-12)16-13(17)10-7-9(14)4-5-11(10)15/h4-5,7-8,12H,2-3,6H2,1H3,(H,16,17)/t8-,12-/m0/s1. The van der Waals surface area contributed by atoms with Crippen LogP contribution < -0.4 is 5.32 Å². The second-order valence-electron chi connectivity index (χ2n) is 4.44. The van der Waals surface area contributed by atoms with Gasteiger partial charge < -0.3 is 10.1 Å². The van der Waals surface area contributed by atoms with Crippen LogP contribution in [0.5, 0.6) is 0 Å².